The molecule has 0 radical (unpaired) electrons. The molecule has 2 heterocycles. The number of anilines is 3. The maximum atomic E-state index is 12.3. The third-order valence-corrected chi connectivity index (χ3v) is 8.13. The zero-order valence-corrected chi connectivity index (χ0v) is 18.6. The number of benzene rings is 1. The molecule has 0 saturated heterocycles. The number of rotatable bonds is 8. The molecule has 11 heteroatoms. The van der Waals surface area contributed by atoms with Gasteiger partial charge in [-0.05, 0) is 42.7 Å². The molecule has 1 aromatic carbocycles. The van der Waals surface area contributed by atoms with Crippen LogP contribution in [0.1, 0.15) is 23.2 Å². The van der Waals surface area contributed by atoms with E-state index in [0.717, 1.165) is 29.0 Å². The van der Waals surface area contributed by atoms with Crippen LogP contribution in [0.2, 0.25) is 0 Å². The summed E-state index contributed by atoms with van der Waals surface area (Å²) in [5.41, 5.74) is 7.33. The van der Waals surface area contributed by atoms with Crippen molar-refractivity contribution in [2.24, 2.45) is 5.73 Å². The molecule has 0 atom stereocenters. The first kappa shape index (κ1) is 21.2. The van der Waals surface area contributed by atoms with E-state index in [4.69, 9.17) is 5.73 Å². The molecular weight excluding hydrogens is 436 g/mol. The first-order valence-corrected chi connectivity index (χ1v) is 11.8. The monoisotopic (exact) mass is 458 g/mol. The minimum atomic E-state index is -3.45. The van der Waals surface area contributed by atoms with Crippen molar-refractivity contribution in [3.63, 3.8) is 0 Å². The van der Waals surface area contributed by atoms with Gasteiger partial charge in [0.1, 0.15) is 10.0 Å². The molecule has 0 aliphatic heterocycles. The molecule has 31 heavy (non-hydrogen) atoms. The second kappa shape index (κ2) is 8.25. The van der Waals surface area contributed by atoms with Crippen LogP contribution in [-0.2, 0) is 10.0 Å². The minimum absolute atomic E-state index is 0.258. The number of nitrogens with zero attached hydrogens (tertiary/aromatic N) is 3. The number of aromatic nitrogens is 2. The van der Waals surface area contributed by atoms with Gasteiger partial charge in [-0.25, -0.2) is 17.7 Å². The standard InChI is InChI=1S/C20H22N6O3S2/c1-26(2)31(28,29)17-10-9-16(30-17)12-3-5-14(6-4-12)24-20-22-11-15(18(21)27)19(25-20)23-13-7-8-13/h3-6,9-11,13H,7-8H2,1-2H3,(H2,21,27)(H2,22,23,24,25). The lowest BCUT2D eigenvalue weighted by Gasteiger charge is -2.11. The van der Waals surface area contributed by atoms with Crippen LogP contribution in [0.15, 0.2) is 46.8 Å². The summed E-state index contributed by atoms with van der Waals surface area (Å²) in [6, 6.07) is 11.2. The molecule has 0 spiro atoms. The van der Waals surface area contributed by atoms with Gasteiger partial charge >= 0.3 is 0 Å². The molecule has 1 amide bonds. The third-order valence-electron chi connectivity index (χ3n) is 4.71. The number of nitrogens with one attached hydrogen (secondary N) is 2. The van der Waals surface area contributed by atoms with E-state index in [1.165, 1.54) is 35.9 Å². The fourth-order valence-corrected chi connectivity index (χ4v) is 5.27. The topological polar surface area (TPSA) is 130 Å². The molecule has 1 aliphatic carbocycles. The quantitative estimate of drug-likeness (QED) is 0.473. The maximum absolute atomic E-state index is 12.3. The Hall–Kier alpha value is -3.02. The van der Waals surface area contributed by atoms with Crippen LogP contribution in [0.4, 0.5) is 17.5 Å². The number of nitrogens with two attached hydrogens (primary N) is 1. The Bertz CT molecular complexity index is 1220. The molecule has 162 valence electrons. The van der Waals surface area contributed by atoms with Crippen LogP contribution < -0.4 is 16.4 Å². The van der Waals surface area contributed by atoms with E-state index in [2.05, 4.69) is 20.6 Å². The number of sulfonamides is 1. The second-order valence-corrected chi connectivity index (χ2v) is 10.8. The minimum Gasteiger partial charge on any atom is -0.367 e. The predicted octanol–water partition coefficient (Wildman–Crippen LogP) is 2.87. The van der Waals surface area contributed by atoms with E-state index in [-0.39, 0.29) is 5.56 Å². The van der Waals surface area contributed by atoms with Gasteiger partial charge < -0.3 is 16.4 Å². The van der Waals surface area contributed by atoms with Gasteiger partial charge in [0, 0.05) is 36.9 Å². The van der Waals surface area contributed by atoms with E-state index < -0.39 is 15.9 Å². The summed E-state index contributed by atoms with van der Waals surface area (Å²) >= 11 is 1.22. The Labute approximate surface area is 184 Å². The van der Waals surface area contributed by atoms with Crippen LogP contribution in [0, 0.1) is 0 Å². The largest absolute Gasteiger partial charge is 0.367 e. The molecule has 0 bridgehead atoms. The van der Waals surface area contributed by atoms with Crippen LogP contribution in [-0.4, -0.2) is 48.7 Å². The molecule has 4 N–H and O–H groups in total. The van der Waals surface area contributed by atoms with E-state index in [1.54, 1.807) is 12.1 Å². The second-order valence-electron chi connectivity index (χ2n) is 7.35. The summed E-state index contributed by atoms with van der Waals surface area (Å²) in [7, 11) is -0.421. The van der Waals surface area contributed by atoms with Crippen LogP contribution in [0.3, 0.4) is 0 Å². The number of carbonyl (C=O) groups is 1. The molecular formula is C20H22N6O3S2. The number of hydrogen-bond acceptors (Lipinski definition) is 8. The van der Waals surface area contributed by atoms with Gasteiger partial charge in [-0.15, -0.1) is 11.3 Å². The highest BCUT2D eigenvalue weighted by Gasteiger charge is 2.24. The van der Waals surface area contributed by atoms with E-state index >= 15 is 0 Å². The average molecular weight is 459 g/mol. The first-order valence-electron chi connectivity index (χ1n) is 9.57. The zero-order valence-electron chi connectivity index (χ0n) is 17.0. The van der Waals surface area contributed by atoms with E-state index in [0.29, 0.717) is 22.0 Å². The molecule has 9 nitrogen and oxygen atoms in total. The van der Waals surface area contributed by atoms with Crippen molar-refractivity contribution in [2.45, 2.75) is 23.1 Å². The van der Waals surface area contributed by atoms with Gasteiger partial charge in [0.2, 0.25) is 5.95 Å². The number of amides is 1. The summed E-state index contributed by atoms with van der Waals surface area (Å²) in [6.07, 6.45) is 3.48. The lowest BCUT2D eigenvalue weighted by Crippen LogP contribution is -2.21. The van der Waals surface area contributed by atoms with Crippen molar-refractivity contribution in [1.29, 1.82) is 0 Å². The number of thiophene rings is 1. The van der Waals surface area contributed by atoms with Crippen LogP contribution in [0.5, 0.6) is 0 Å². The highest BCUT2D eigenvalue weighted by Crippen LogP contribution is 2.33. The molecule has 0 unspecified atom stereocenters. The number of carbonyl (C=O) groups excluding carboxylic acids is 1. The first-order chi connectivity index (χ1) is 14.7. The Kier molecular flexibility index (Phi) is 5.65. The summed E-state index contributed by atoms with van der Waals surface area (Å²) in [5.74, 6) is 0.194. The smallest absolute Gasteiger partial charge is 0.254 e. The third kappa shape index (κ3) is 4.68. The highest BCUT2D eigenvalue weighted by molar-refractivity contribution is 7.91. The summed E-state index contributed by atoms with van der Waals surface area (Å²) in [4.78, 5) is 21.0. The average Bonchev–Trinajstić information content (AvgIpc) is 3.39. The van der Waals surface area contributed by atoms with Gasteiger partial charge in [-0.2, -0.15) is 4.98 Å². The van der Waals surface area contributed by atoms with Gasteiger partial charge in [-0.1, -0.05) is 12.1 Å². The van der Waals surface area contributed by atoms with Crippen molar-refractivity contribution >= 4 is 44.7 Å². The van der Waals surface area contributed by atoms with E-state index in [9.17, 15) is 13.2 Å². The van der Waals surface area contributed by atoms with Crippen LogP contribution in [0.25, 0.3) is 10.4 Å². The Morgan fingerprint density at radius 3 is 2.48 bits per heavy atom. The summed E-state index contributed by atoms with van der Waals surface area (Å²) in [5, 5.41) is 6.32. The van der Waals surface area contributed by atoms with Crippen molar-refractivity contribution in [2.75, 3.05) is 24.7 Å². The molecule has 3 aromatic rings. The molecule has 1 aliphatic rings. The highest BCUT2D eigenvalue weighted by atomic mass is 32.2. The van der Waals surface area contributed by atoms with Gasteiger partial charge in [-0.3, -0.25) is 4.79 Å². The predicted molar refractivity (Wildman–Crippen MR) is 121 cm³/mol. The van der Waals surface area contributed by atoms with Crippen molar-refractivity contribution < 1.29 is 13.2 Å². The summed E-state index contributed by atoms with van der Waals surface area (Å²) < 4.78 is 26.1. The summed E-state index contributed by atoms with van der Waals surface area (Å²) in [6.45, 7) is 0. The Morgan fingerprint density at radius 2 is 1.87 bits per heavy atom. The molecule has 2 aromatic heterocycles. The van der Waals surface area contributed by atoms with Crippen LogP contribution >= 0.6 is 11.3 Å². The lowest BCUT2D eigenvalue weighted by atomic mass is 10.2. The fourth-order valence-electron chi connectivity index (χ4n) is 2.79. The Morgan fingerprint density at radius 1 is 1.16 bits per heavy atom. The molecule has 4 rings (SSSR count). The zero-order chi connectivity index (χ0) is 22.2. The van der Waals surface area contributed by atoms with Crippen molar-refractivity contribution in [3.05, 3.63) is 48.2 Å². The maximum Gasteiger partial charge on any atom is 0.254 e. The van der Waals surface area contributed by atoms with Gasteiger partial charge in [0.15, 0.2) is 0 Å². The van der Waals surface area contributed by atoms with Crippen molar-refractivity contribution in [1.82, 2.24) is 14.3 Å². The normalized spacial score (nSPS) is 13.9. The Balaban J connectivity index is 1.52. The number of hydrogen-bond donors (Lipinski definition) is 3. The van der Waals surface area contributed by atoms with Gasteiger partial charge in [0.05, 0.1) is 5.56 Å². The fraction of sp³-hybridized carbons (Fsp3) is 0.250. The van der Waals surface area contributed by atoms with Gasteiger partial charge in [0.25, 0.3) is 15.9 Å². The SMILES string of the molecule is CN(C)S(=O)(=O)c1ccc(-c2ccc(Nc3ncc(C(N)=O)c(NC4CC4)n3)cc2)s1. The van der Waals surface area contributed by atoms with E-state index in [1.807, 2.05) is 24.3 Å². The molecule has 1 saturated carbocycles. The molecule has 1 fully saturated rings. The van der Waals surface area contributed by atoms with Crippen molar-refractivity contribution in [3.8, 4) is 10.4 Å². The number of primary amides is 1. The lowest BCUT2D eigenvalue weighted by molar-refractivity contribution is 0.100.